The summed E-state index contributed by atoms with van der Waals surface area (Å²) in [5.74, 6) is 0.815. The fourth-order valence-electron chi connectivity index (χ4n) is 2.58. The fraction of sp³-hybridized carbons (Fsp3) is 0.611. The minimum absolute atomic E-state index is 0.244. The maximum atomic E-state index is 10.9. The van der Waals surface area contributed by atoms with Crippen LogP contribution in [0.3, 0.4) is 0 Å². The predicted molar refractivity (Wildman–Crippen MR) is 83.1 cm³/mol. The molecule has 1 rings (SSSR count). The van der Waals surface area contributed by atoms with Crippen molar-refractivity contribution >= 4 is 6.29 Å². The Morgan fingerprint density at radius 3 is 2.68 bits per heavy atom. The van der Waals surface area contributed by atoms with Crippen LogP contribution in [-0.4, -0.2) is 6.29 Å². The van der Waals surface area contributed by atoms with Crippen LogP contribution >= 0.6 is 0 Å². The molecule has 0 heterocycles. The summed E-state index contributed by atoms with van der Waals surface area (Å²) in [6.07, 6.45) is 13.4. The molecule has 0 spiro atoms. The van der Waals surface area contributed by atoms with Gasteiger partial charge in [-0.05, 0) is 65.7 Å². The summed E-state index contributed by atoms with van der Waals surface area (Å²) < 4.78 is 0. The zero-order valence-electron chi connectivity index (χ0n) is 12.9. The quantitative estimate of drug-likeness (QED) is 0.471. The summed E-state index contributed by atoms with van der Waals surface area (Å²) in [6, 6.07) is 0. The van der Waals surface area contributed by atoms with E-state index in [9.17, 15) is 4.79 Å². The number of allylic oxidation sites excluding steroid dienone is 6. The molecule has 0 N–H and O–H groups in total. The van der Waals surface area contributed by atoms with E-state index in [0.717, 1.165) is 38.4 Å². The molecular formula is C18H28O. The topological polar surface area (TPSA) is 17.1 Å². The third kappa shape index (κ3) is 6.04. The highest BCUT2D eigenvalue weighted by molar-refractivity contribution is 5.54. The Hall–Kier alpha value is -1.11. The van der Waals surface area contributed by atoms with E-state index in [1.165, 1.54) is 16.7 Å². The van der Waals surface area contributed by atoms with Crippen molar-refractivity contribution in [3.05, 3.63) is 34.9 Å². The molecule has 0 aliphatic heterocycles. The minimum atomic E-state index is 0.244. The molecule has 0 saturated heterocycles. The second-order valence-corrected chi connectivity index (χ2v) is 6.12. The average molecular weight is 260 g/mol. The smallest absolute Gasteiger partial charge is 0.123 e. The van der Waals surface area contributed by atoms with Crippen molar-refractivity contribution in [2.24, 2.45) is 11.8 Å². The van der Waals surface area contributed by atoms with E-state index >= 15 is 0 Å². The predicted octanol–water partition coefficient (Wildman–Crippen LogP) is 5.24. The van der Waals surface area contributed by atoms with Crippen LogP contribution in [0.5, 0.6) is 0 Å². The molecule has 1 aliphatic rings. The summed E-state index contributed by atoms with van der Waals surface area (Å²) in [7, 11) is 0. The molecule has 0 aromatic heterocycles. The zero-order chi connectivity index (χ0) is 14.3. The third-order valence-electron chi connectivity index (χ3n) is 4.01. The van der Waals surface area contributed by atoms with E-state index in [2.05, 4.69) is 45.9 Å². The molecule has 1 aliphatic carbocycles. The van der Waals surface area contributed by atoms with Crippen LogP contribution in [0.25, 0.3) is 0 Å². The Kier molecular flexibility index (Phi) is 6.83. The van der Waals surface area contributed by atoms with Crippen molar-refractivity contribution in [2.45, 2.75) is 59.8 Å². The Morgan fingerprint density at radius 2 is 2.05 bits per heavy atom. The molecule has 0 amide bonds. The molecule has 2 atom stereocenters. The Bertz CT molecular complexity index is 380. The molecule has 106 valence electrons. The van der Waals surface area contributed by atoms with Gasteiger partial charge in [-0.15, -0.1) is 0 Å². The van der Waals surface area contributed by atoms with E-state index in [4.69, 9.17) is 0 Å². The van der Waals surface area contributed by atoms with Crippen LogP contribution in [-0.2, 0) is 4.79 Å². The SMILES string of the molecule is CC(C)=CCC/C(C)=C/CC1CC(C=O)CC=C1C. The summed E-state index contributed by atoms with van der Waals surface area (Å²) in [6.45, 7) is 8.72. The summed E-state index contributed by atoms with van der Waals surface area (Å²) in [5, 5.41) is 0. The first-order valence-electron chi connectivity index (χ1n) is 7.44. The van der Waals surface area contributed by atoms with Crippen molar-refractivity contribution in [2.75, 3.05) is 0 Å². The lowest BCUT2D eigenvalue weighted by Crippen LogP contribution is -2.15. The lowest BCUT2D eigenvalue weighted by atomic mass is 9.80. The second-order valence-electron chi connectivity index (χ2n) is 6.12. The highest BCUT2D eigenvalue weighted by Crippen LogP contribution is 2.31. The molecular weight excluding hydrogens is 232 g/mol. The van der Waals surface area contributed by atoms with Crippen molar-refractivity contribution < 1.29 is 4.79 Å². The molecule has 0 aromatic rings. The van der Waals surface area contributed by atoms with E-state index in [1.807, 2.05) is 0 Å². The van der Waals surface area contributed by atoms with Crippen LogP contribution in [0, 0.1) is 11.8 Å². The molecule has 0 saturated carbocycles. The summed E-state index contributed by atoms with van der Waals surface area (Å²) in [4.78, 5) is 10.9. The maximum Gasteiger partial charge on any atom is 0.123 e. The lowest BCUT2D eigenvalue weighted by molar-refractivity contribution is -0.111. The first-order valence-corrected chi connectivity index (χ1v) is 7.44. The molecule has 1 heteroatoms. The van der Waals surface area contributed by atoms with Crippen LogP contribution in [0.4, 0.5) is 0 Å². The van der Waals surface area contributed by atoms with Crippen LogP contribution in [0.15, 0.2) is 34.9 Å². The first kappa shape index (κ1) is 15.9. The molecule has 0 fully saturated rings. The van der Waals surface area contributed by atoms with Gasteiger partial charge in [-0.3, -0.25) is 0 Å². The monoisotopic (exact) mass is 260 g/mol. The zero-order valence-corrected chi connectivity index (χ0v) is 12.9. The van der Waals surface area contributed by atoms with Gasteiger partial charge in [0.05, 0.1) is 0 Å². The Morgan fingerprint density at radius 1 is 1.32 bits per heavy atom. The maximum absolute atomic E-state index is 10.9. The summed E-state index contributed by atoms with van der Waals surface area (Å²) in [5.41, 5.74) is 4.33. The standard InChI is InChI=1S/C18H28O/c1-14(2)6-5-7-15(3)8-11-18-12-17(13-19)10-9-16(18)4/h6,8-9,13,17-18H,5,7,10-12H2,1-4H3/b15-8+. The van der Waals surface area contributed by atoms with E-state index in [-0.39, 0.29) is 5.92 Å². The van der Waals surface area contributed by atoms with Gasteiger partial charge in [0.15, 0.2) is 0 Å². The largest absolute Gasteiger partial charge is 0.303 e. The molecule has 2 unspecified atom stereocenters. The van der Waals surface area contributed by atoms with Crippen molar-refractivity contribution in [1.29, 1.82) is 0 Å². The highest BCUT2D eigenvalue weighted by atomic mass is 16.1. The van der Waals surface area contributed by atoms with Gasteiger partial charge in [-0.1, -0.05) is 34.9 Å². The van der Waals surface area contributed by atoms with Gasteiger partial charge in [0.1, 0.15) is 6.29 Å². The number of carbonyl (C=O) groups is 1. The number of aldehydes is 1. The Labute approximate surface area is 118 Å². The van der Waals surface area contributed by atoms with Crippen LogP contribution < -0.4 is 0 Å². The molecule has 0 bridgehead atoms. The number of hydrogen-bond acceptors (Lipinski definition) is 1. The average Bonchev–Trinajstić information content (AvgIpc) is 2.37. The lowest BCUT2D eigenvalue weighted by Gasteiger charge is -2.24. The van der Waals surface area contributed by atoms with Crippen LogP contribution in [0.2, 0.25) is 0 Å². The minimum Gasteiger partial charge on any atom is -0.303 e. The molecule has 19 heavy (non-hydrogen) atoms. The number of hydrogen-bond donors (Lipinski definition) is 0. The molecule has 0 radical (unpaired) electrons. The summed E-state index contributed by atoms with van der Waals surface area (Å²) >= 11 is 0. The third-order valence-corrected chi connectivity index (χ3v) is 4.01. The van der Waals surface area contributed by atoms with Gasteiger partial charge in [-0.2, -0.15) is 0 Å². The van der Waals surface area contributed by atoms with Crippen molar-refractivity contribution in [3.63, 3.8) is 0 Å². The number of rotatable bonds is 6. The van der Waals surface area contributed by atoms with E-state index in [1.54, 1.807) is 0 Å². The molecule has 1 nitrogen and oxygen atoms in total. The highest BCUT2D eigenvalue weighted by Gasteiger charge is 2.20. The first-order chi connectivity index (χ1) is 9.02. The van der Waals surface area contributed by atoms with Crippen molar-refractivity contribution in [3.8, 4) is 0 Å². The Balaban J connectivity index is 2.45. The van der Waals surface area contributed by atoms with Gasteiger partial charge in [0.2, 0.25) is 0 Å². The van der Waals surface area contributed by atoms with Crippen molar-refractivity contribution in [1.82, 2.24) is 0 Å². The number of carbonyl (C=O) groups excluding carboxylic acids is 1. The van der Waals surface area contributed by atoms with Gasteiger partial charge in [0.25, 0.3) is 0 Å². The van der Waals surface area contributed by atoms with Gasteiger partial charge in [0, 0.05) is 5.92 Å². The second kappa shape index (κ2) is 8.14. The normalized spacial score (nSPS) is 23.8. The van der Waals surface area contributed by atoms with E-state index in [0.29, 0.717) is 5.92 Å². The van der Waals surface area contributed by atoms with Gasteiger partial charge in [-0.25, -0.2) is 0 Å². The van der Waals surface area contributed by atoms with E-state index < -0.39 is 0 Å². The van der Waals surface area contributed by atoms with Crippen LogP contribution in [0.1, 0.15) is 59.8 Å². The van der Waals surface area contributed by atoms with Gasteiger partial charge < -0.3 is 4.79 Å². The molecule has 0 aromatic carbocycles. The van der Waals surface area contributed by atoms with Gasteiger partial charge >= 0.3 is 0 Å². The fourth-order valence-corrected chi connectivity index (χ4v) is 2.58.